The molecule has 0 unspecified atom stereocenters. The van der Waals surface area contributed by atoms with E-state index < -0.39 is 10.5 Å². The molecule has 0 aliphatic heterocycles. The fourth-order valence-corrected chi connectivity index (χ4v) is 1.89. The maximum atomic E-state index is 10.8. The van der Waals surface area contributed by atoms with Gasteiger partial charge in [0.2, 0.25) is 0 Å². The molecule has 1 rings (SSSR count). The zero-order chi connectivity index (χ0) is 13.9. The van der Waals surface area contributed by atoms with Gasteiger partial charge in [0.1, 0.15) is 12.7 Å². The summed E-state index contributed by atoms with van der Waals surface area (Å²) in [5.74, 6) is 0.627. The van der Waals surface area contributed by atoms with Crippen molar-refractivity contribution in [1.29, 1.82) is 0 Å². The van der Waals surface area contributed by atoms with Crippen LogP contribution >= 0.6 is 0 Å². The van der Waals surface area contributed by atoms with Gasteiger partial charge in [-0.1, -0.05) is 0 Å². The minimum Gasteiger partial charge on any atom is -0.389 e. The molecule has 7 nitrogen and oxygen atoms in total. The molecule has 0 radical (unpaired) electrons. The highest BCUT2D eigenvalue weighted by Gasteiger charge is 2.19. The molecule has 1 N–H and O–H groups in total. The maximum absolute atomic E-state index is 10.8. The van der Waals surface area contributed by atoms with E-state index in [9.17, 15) is 15.2 Å². The lowest BCUT2D eigenvalue weighted by molar-refractivity contribution is -0.392. The van der Waals surface area contributed by atoms with Crippen molar-refractivity contribution in [2.45, 2.75) is 32.9 Å². The summed E-state index contributed by atoms with van der Waals surface area (Å²) in [4.78, 5) is 16.2. The molecule has 0 atom stereocenters. The standard InChI is InChI=1S/C11H20N4O3/c1-9-12-7-10(15(17)18)14(9)6-5-13(4)8-11(2,3)16/h7,16H,5-6,8H2,1-4H3. The van der Waals surface area contributed by atoms with Crippen molar-refractivity contribution >= 4 is 5.82 Å². The van der Waals surface area contributed by atoms with Gasteiger partial charge in [0, 0.05) is 20.0 Å². The second kappa shape index (κ2) is 5.45. The molecule has 0 amide bonds. The number of likely N-dealkylation sites (N-methyl/N-ethyl adjacent to an activating group) is 1. The molecule has 0 aliphatic rings. The molecule has 102 valence electrons. The van der Waals surface area contributed by atoms with E-state index >= 15 is 0 Å². The van der Waals surface area contributed by atoms with E-state index in [1.165, 1.54) is 6.20 Å². The Hall–Kier alpha value is -1.47. The summed E-state index contributed by atoms with van der Waals surface area (Å²) < 4.78 is 1.57. The smallest absolute Gasteiger partial charge is 0.342 e. The summed E-state index contributed by atoms with van der Waals surface area (Å²) in [5, 5.41) is 20.5. The van der Waals surface area contributed by atoms with Gasteiger partial charge in [-0.3, -0.25) is 4.90 Å². The van der Waals surface area contributed by atoms with E-state index in [0.29, 0.717) is 25.5 Å². The highest BCUT2D eigenvalue weighted by Crippen LogP contribution is 2.13. The molecular formula is C11H20N4O3. The van der Waals surface area contributed by atoms with Crippen LogP contribution in [-0.2, 0) is 6.54 Å². The fourth-order valence-electron chi connectivity index (χ4n) is 1.89. The van der Waals surface area contributed by atoms with Crippen LogP contribution in [0.25, 0.3) is 0 Å². The molecule has 18 heavy (non-hydrogen) atoms. The Balaban J connectivity index is 2.63. The van der Waals surface area contributed by atoms with Crippen molar-refractivity contribution in [1.82, 2.24) is 14.5 Å². The van der Waals surface area contributed by atoms with Gasteiger partial charge < -0.3 is 15.2 Å². The Morgan fingerprint density at radius 1 is 1.61 bits per heavy atom. The average Bonchev–Trinajstić information content (AvgIpc) is 2.54. The number of hydrogen-bond donors (Lipinski definition) is 1. The summed E-state index contributed by atoms with van der Waals surface area (Å²) in [6, 6.07) is 0. The Kier molecular flexibility index (Phi) is 4.42. The number of imidazole rings is 1. The molecule has 0 saturated carbocycles. The van der Waals surface area contributed by atoms with Crippen LogP contribution in [0, 0.1) is 17.0 Å². The highest BCUT2D eigenvalue weighted by atomic mass is 16.6. The number of hydrogen-bond acceptors (Lipinski definition) is 5. The Morgan fingerprint density at radius 3 is 2.72 bits per heavy atom. The van der Waals surface area contributed by atoms with E-state index in [-0.39, 0.29) is 5.82 Å². The second-order valence-electron chi connectivity index (χ2n) is 5.12. The third-order valence-electron chi connectivity index (χ3n) is 2.58. The van der Waals surface area contributed by atoms with Crippen LogP contribution in [-0.4, -0.2) is 50.2 Å². The van der Waals surface area contributed by atoms with Gasteiger partial charge in [-0.15, -0.1) is 0 Å². The first-order valence-corrected chi connectivity index (χ1v) is 5.78. The molecule has 0 fully saturated rings. The SMILES string of the molecule is Cc1ncc([N+](=O)[O-])n1CCN(C)CC(C)(C)O. The number of aryl methyl sites for hydroxylation is 1. The van der Waals surface area contributed by atoms with E-state index in [1.807, 2.05) is 11.9 Å². The van der Waals surface area contributed by atoms with Crippen LogP contribution in [0.15, 0.2) is 6.20 Å². The van der Waals surface area contributed by atoms with Gasteiger partial charge >= 0.3 is 5.82 Å². The molecule has 0 bridgehead atoms. The average molecular weight is 256 g/mol. The number of nitro groups is 1. The molecule has 0 saturated heterocycles. The van der Waals surface area contributed by atoms with Crippen LogP contribution in [0.2, 0.25) is 0 Å². The fraction of sp³-hybridized carbons (Fsp3) is 0.727. The summed E-state index contributed by atoms with van der Waals surface area (Å²) in [6.07, 6.45) is 1.27. The van der Waals surface area contributed by atoms with Gasteiger partial charge in [-0.25, -0.2) is 9.55 Å². The largest absolute Gasteiger partial charge is 0.389 e. The van der Waals surface area contributed by atoms with E-state index in [0.717, 1.165) is 0 Å². The molecule has 7 heteroatoms. The monoisotopic (exact) mass is 256 g/mol. The summed E-state index contributed by atoms with van der Waals surface area (Å²) in [5.41, 5.74) is -0.773. The van der Waals surface area contributed by atoms with Crippen molar-refractivity contribution < 1.29 is 10.0 Å². The van der Waals surface area contributed by atoms with Gasteiger partial charge in [0.05, 0.1) is 5.60 Å². The lowest BCUT2D eigenvalue weighted by Crippen LogP contribution is -2.37. The first-order chi connectivity index (χ1) is 8.20. The van der Waals surface area contributed by atoms with Crippen molar-refractivity contribution in [2.24, 2.45) is 0 Å². The third-order valence-corrected chi connectivity index (χ3v) is 2.58. The summed E-state index contributed by atoms with van der Waals surface area (Å²) >= 11 is 0. The van der Waals surface area contributed by atoms with Crippen molar-refractivity contribution in [3.8, 4) is 0 Å². The van der Waals surface area contributed by atoms with Crippen molar-refractivity contribution in [2.75, 3.05) is 20.1 Å². The molecule has 1 aromatic heterocycles. The van der Waals surface area contributed by atoms with Crippen LogP contribution in [0.1, 0.15) is 19.7 Å². The van der Waals surface area contributed by atoms with Crippen molar-refractivity contribution in [3.63, 3.8) is 0 Å². The predicted octanol–water partition coefficient (Wildman–Crippen LogP) is 0.802. The van der Waals surface area contributed by atoms with Crippen molar-refractivity contribution in [3.05, 3.63) is 22.1 Å². The lowest BCUT2D eigenvalue weighted by atomic mass is 10.1. The van der Waals surface area contributed by atoms with Crippen LogP contribution in [0.4, 0.5) is 5.82 Å². The highest BCUT2D eigenvalue weighted by molar-refractivity contribution is 5.18. The number of aromatic nitrogens is 2. The Bertz CT molecular complexity index is 422. The lowest BCUT2D eigenvalue weighted by Gasteiger charge is -2.24. The van der Waals surface area contributed by atoms with Gasteiger partial charge in [0.25, 0.3) is 0 Å². The first kappa shape index (κ1) is 14.6. The second-order valence-corrected chi connectivity index (χ2v) is 5.12. The van der Waals surface area contributed by atoms with E-state index in [2.05, 4.69) is 4.98 Å². The van der Waals surface area contributed by atoms with E-state index in [1.54, 1.807) is 25.3 Å². The Labute approximate surface area is 106 Å². The zero-order valence-electron chi connectivity index (χ0n) is 11.3. The predicted molar refractivity (Wildman–Crippen MR) is 67.4 cm³/mol. The zero-order valence-corrected chi connectivity index (χ0v) is 11.3. The van der Waals surface area contributed by atoms with Gasteiger partial charge in [-0.05, 0) is 25.8 Å². The van der Waals surface area contributed by atoms with Crippen LogP contribution < -0.4 is 0 Å². The minimum absolute atomic E-state index is 0.00385. The van der Waals surface area contributed by atoms with Crippen LogP contribution in [0.3, 0.4) is 0 Å². The summed E-state index contributed by atoms with van der Waals surface area (Å²) in [7, 11) is 1.87. The number of aliphatic hydroxyl groups is 1. The molecule has 1 heterocycles. The molecule has 1 aromatic rings. The van der Waals surface area contributed by atoms with Crippen LogP contribution in [0.5, 0.6) is 0 Å². The number of nitrogens with zero attached hydrogens (tertiary/aromatic N) is 4. The number of rotatable bonds is 6. The minimum atomic E-state index is -0.773. The van der Waals surface area contributed by atoms with E-state index in [4.69, 9.17) is 0 Å². The topological polar surface area (TPSA) is 84.4 Å². The summed E-state index contributed by atoms with van der Waals surface area (Å²) in [6.45, 7) is 6.80. The van der Waals surface area contributed by atoms with Gasteiger partial charge in [-0.2, -0.15) is 0 Å². The molecule has 0 spiro atoms. The normalized spacial score (nSPS) is 12.1. The molecule has 0 aromatic carbocycles. The maximum Gasteiger partial charge on any atom is 0.342 e. The quantitative estimate of drug-likeness (QED) is 0.601. The first-order valence-electron chi connectivity index (χ1n) is 5.78. The van der Waals surface area contributed by atoms with Gasteiger partial charge in [0.15, 0.2) is 5.82 Å². The molecule has 0 aliphatic carbocycles. The molecular weight excluding hydrogens is 236 g/mol. The third kappa shape index (κ3) is 4.08. The Morgan fingerprint density at radius 2 is 2.22 bits per heavy atom.